The molecule has 0 bridgehead atoms. The fourth-order valence-electron chi connectivity index (χ4n) is 2.10. The molecule has 0 aliphatic heterocycles. The molecule has 1 N–H and O–H groups in total. The Balaban J connectivity index is 1.88. The molecule has 0 fully saturated rings. The van der Waals surface area contributed by atoms with Crippen molar-refractivity contribution < 1.29 is 23.5 Å². The fourth-order valence-corrected chi connectivity index (χ4v) is 2.10. The molecule has 138 valence electrons. The molecule has 1 atom stereocenters. The molecule has 0 saturated carbocycles. The van der Waals surface area contributed by atoms with Gasteiger partial charge >= 0.3 is 5.97 Å². The van der Waals surface area contributed by atoms with Gasteiger partial charge in [0, 0.05) is 5.69 Å². The van der Waals surface area contributed by atoms with Crippen LogP contribution in [-0.4, -0.2) is 24.6 Å². The molecular weight excluding hydrogens is 337 g/mol. The third-order valence-electron chi connectivity index (χ3n) is 3.61. The molecule has 5 nitrogen and oxygen atoms in total. The smallest absolute Gasteiger partial charge is 0.338 e. The van der Waals surface area contributed by atoms with Crippen molar-refractivity contribution in [3.8, 4) is 5.75 Å². The first-order valence-corrected chi connectivity index (χ1v) is 8.50. The van der Waals surface area contributed by atoms with E-state index in [9.17, 15) is 14.0 Å². The van der Waals surface area contributed by atoms with Gasteiger partial charge in [-0.15, -0.1) is 0 Å². The molecule has 0 aromatic heterocycles. The van der Waals surface area contributed by atoms with Crippen molar-refractivity contribution in [2.45, 2.75) is 32.8 Å². The Morgan fingerprint density at radius 3 is 2.35 bits per heavy atom. The van der Waals surface area contributed by atoms with Gasteiger partial charge in [-0.3, -0.25) is 4.79 Å². The summed E-state index contributed by atoms with van der Waals surface area (Å²) in [5, 5.41) is 2.70. The second-order valence-electron chi connectivity index (χ2n) is 5.77. The number of amides is 1. The van der Waals surface area contributed by atoms with E-state index in [4.69, 9.17) is 9.47 Å². The average molecular weight is 359 g/mol. The number of benzene rings is 2. The molecule has 0 heterocycles. The maximum atomic E-state index is 12.9. The number of unbranched alkanes of at least 4 members (excludes halogenated alkanes) is 1. The van der Waals surface area contributed by atoms with E-state index in [0.29, 0.717) is 23.6 Å². The van der Waals surface area contributed by atoms with Crippen molar-refractivity contribution >= 4 is 17.6 Å². The van der Waals surface area contributed by atoms with Crippen LogP contribution in [0.5, 0.6) is 5.75 Å². The van der Waals surface area contributed by atoms with E-state index in [1.54, 1.807) is 31.2 Å². The Morgan fingerprint density at radius 1 is 1.08 bits per heavy atom. The number of rotatable bonds is 8. The molecule has 2 aromatic rings. The van der Waals surface area contributed by atoms with Crippen LogP contribution in [0.3, 0.4) is 0 Å². The van der Waals surface area contributed by atoms with Gasteiger partial charge in [-0.05, 0) is 61.9 Å². The summed E-state index contributed by atoms with van der Waals surface area (Å²) >= 11 is 0. The molecule has 26 heavy (non-hydrogen) atoms. The zero-order chi connectivity index (χ0) is 18.9. The molecule has 6 heteroatoms. The van der Waals surface area contributed by atoms with Gasteiger partial charge in [0.1, 0.15) is 11.6 Å². The summed E-state index contributed by atoms with van der Waals surface area (Å²) in [5.41, 5.74) is 0.962. The largest absolute Gasteiger partial charge is 0.481 e. The van der Waals surface area contributed by atoms with Gasteiger partial charge < -0.3 is 14.8 Å². The van der Waals surface area contributed by atoms with Gasteiger partial charge in [0.05, 0.1) is 12.2 Å². The minimum Gasteiger partial charge on any atom is -0.481 e. The van der Waals surface area contributed by atoms with Crippen molar-refractivity contribution in [2.75, 3.05) is 11.9 Å². The molecule has 1 amide bonds. The number of esters is 1. The summed E-state index contributed by atoms with van der Waals surface area (Å²) in [6, 6.07) is 11.9. The normalized spacial score (nSPS) is 11.5. The molecule has 2 rings (SSSR count). The summed E-state index contributed by atoms with van der Waals surface area (Å²) < 4.78 is 23.5. The Bertz CT molecular complexity index is 728. The third kappa shape index (κ3) is 5.88. The molecule has 0 aliphatic rings. The zero-order valence-corrected chi connectivity index (χ0v) is 14.8. The van der Waals surface area contributed by atoms with Gasteiger partial charge in [-0.2, -0.15) is 0 Å². The lowest BCUT2D eigenvalue weighted by Gasteiger charge is -2.15. The number of halogens is 1. The number of anilines is 1. The van der Waals surface area contributed by atoms with Crippen LogP contribution in [0.2, 0.25) is 0 Å². The number of nitrogens with one attached hydrogen (secondary N) is 1. The lowest BCUT2D eigenvalue weighted by molar-refractivity contribution is -0.122. The predicted molar refractivity (Wildman–Crippen MR) is 96.8 cm³/mol. The van der Waals surface area contributed by atoms with Crippen LogP contribution in [0.25, 0.3) is 0 Å². The molecule has 0 spiro atoms. The second-order valence-corrected chi connectivity index (χ2v) is 5.77. The van der Waals surface area contributed by atoms with Crippen molar-refractivity contribution in [3.05, 3.63) is 59.9 Å². The first-order chi connectivity index (χ1) is 12.5. The Morgan fingerprint density at radius 2 is 1.73 bits per heavy atom. The Labute approximate surface area is 152 Å². The van der Waals surface area contributed by atoms with Crippen molar-refractivity contribution in [1.82, 2.24) is 0 Å². The maximum Gasteiger partial charge on any atom is 0.338 e. The van der Waals surface area contributed by atoms with Gasteiger partial charge in [0.15, 0.2) is 6.10 Å². The summed E-state index contributed by atoms with van der Waals surface area (Å²) in [6.07, 6.45) is 1.02. The number of carbonyl (C=O) groups excluding carboxylic acids is 2. The average Bonchev–Trinajstić information content (AvgIpc) is 2.64. The maximum absolute atomic E-state index is 12.9. The first kappa shape index (κ1) is 19.4. The highest BCUT2D eigenvalue weighted by molar-refractivity contribution is 5.95. The summed E-state index contributed by atoms with van der Waals surface area (Å²) in [6.45, 7) is 4.01. The van der Waals surface area contributed by atoms with Crippen molar-refractivity contribution in [2.24, 2.45) is 0 Å². The predicted octanol–water partition coefficient (Wildman–Crippen LogP) is 4.19. The van der Waals surface area contributed by atoms with E-state index in [1.807, 2.05) is 6.92 Å². The molecule has 0 saturated heterocycles. The summed E-state index contributed by atoms with van der Waals surface area (Å²) in [5.74, 6) is -0.709. The molecule has 0 unspecified atom stereocenters. The van der Waals surface area contributed by atoms with E-state index < -0.39 is 6.10 Å². The quantitative estimate of drug-likeness (QED) is 0.567. The van der Waals surface area contributed by atoms with E-state index in [1.165, 1.54) is 24.3 Å². The van der Waals surface area contributed by atoms with Crippen LogP contribution in [0.4, 0.5) is 10.1 Å². The topological polar surface area (TPSA) is 64.6 Å². The number of hydrogen-bond donors (Lipinski definition) is 1. The molecular formula is C20H22FNO4. The number of ether oxygens (including phenoxy) is 2. The van der Waals surface area contributed by atoms with E-state index in [0.717, 1.165) is 12.8 Å². The third-order valence-corrected chi connectivity index (χ3v) is 3.61. The lowest BCUT2D eigenvalue weighted by Crippen LogP contribution is -2.30. The standard InChI is InChI=1S/C20H22FNO4/c1-3-4-13-25-20(24)15-5-9-17(10-6-15)22-19(23)14(2)26-18-11-7-16(21)8-12-18/h5-12,14H,3-4,13H2,1-2H3,(H,22,23)/t14-/m1/s1. The van der Waals surface area contributed by atoms with Crippen LogP contribution in [0, 0.1) is 5.82 Å². The van der Waals surface area contributed by atoms with Crippen LogP contribution < -0.4 is 10.1 Å². The Kier molecular flexibility index (Phi) is 7.14. The van der Waals surface area contributed by atoms with Gasteiger partial charge in [-0.1, -0.05) is 13.3 Å². The first-order valence-electron chi connectivity index (χ1n) is 8.50. The van der Waals surface area contributed by atoms with Crippen LogP contribution in [-0.2, 0) is 9.53 Å². The highest BCUT2D eigenvalue weighted by Gasteiger charge is 2.15. The van der Waals surface area contributed by atoms with Gasteiger partial charge in [0.25, 0.3) is 5.91 Å². The monoisotopic (exact) mass is 359 g/mol. The minimum absolute atomic E-state index is 0.354. The van der Waals surface area contributed by atoms with Crippen LogP contribution in [0.15, 0.2) is 48.5 Å². The van der Waals surface area contributed by atoms with Gasteiger partial charge in [-0.25, -0.2) is 9.18 Å². The SMILES string of the molecule is CCCCOC(=O)c1ccc(NC(=O)[C@@H](C)Oc2ccc(F)cc2)cc1. The lowest BCUT2D eigenvalue weighted by atomic mass is 10.2. The van der Waals surface area contributed by atoms with Crippen LogP contribution in [0.1, 0.15) is 37.0 Å². The highest BCUT2D eigenvalue weighted by Crippen LogP contribution is 2.15. The molecule has 2 aromatic carbocycles. The van der Waals surface area contributed by atoms with Crippen molar-refractivity contribution in [1.29, 1.82) is 0 Å². The summed E-state index contributed by atoms with van der Waals surface area (Å²) in [7, 11) is 0. The van der Waals surface area contributed by atoms with Crippen LogP contribution >= 0.6 is 0 Å². The Hall–Kier alpha value is -2.89. The molecule has 0 radical (unpaired) electrons. The highest BCUT2D eigenvalue weighted by atomic mass is 19.1. The van der Waals surface area contributed by atoms with Gasteiger partial charge in [0.2, 0.25) is 0 Å². The zero-order valence-electron chi connectivity index (χ0n) is 14.8. The fraction of sp³-hybridized carbons (Fsp3) is 0.300. The minimum atomic E-state index is -0.765. The number of carbonyl (C=O) groups is 2. The number of hydrogen-bond acceptors (Lipinski definition) is 4. The second kappa shape index (κ2) is 9.56. The van der Waals surface area contributed by atoms with E-state index in [-0.39, 0.29) is 17.7 Å². The van der Waals surface area contributed by atoms with E-state index >= 15 is 0 Å². The van der Waals surface area contributed by atoms with E-state index in [2.05, 4.69) is 5.32 Å². The van der Waals surface area contributed by atoms with Crippen molar-refractivity contribution in [3.63, 3.8) is 0 Å². The summed E-state index contributed by atoms with van der Waals surface area (Å²) in [4.78, 5) is 24.0. The molecule has 0 aliphatic carbocycles.